The van der Waals surface area contributed by atoms with Crippen molar-refractivity contribution in [2.24, 2.45) is 17.8 Å². The van der Waals surface area contributed by atoms with Gasteiger partial charge in [-0.3, -0.25) is 0 Å². The highest BCUT2D eigenvalue weighted by Crippen LogP contribution is 2.22. The normalized spacial score (nSPS) is 16.6. The van der Waals surface area contributed by atoms with Crippen LogP contribution in [-0.4, -0.2) is 0 Å². The molecule has 0 saturated carbocycles. The van der Waals surface area contributed by atoms with Crippen molar-refractivity contribution >= 4 is 0 Å². The van der Waals surface area contributed by atoms with Gasteiger partial charge in [-0.25, -0.2) is 0 Å². The Morgan fingerprint density at radius 1 is 0.875 bits per heavy atom. The Bertz CT molecular complexity index is 188. The molecule has 0 heterocycles. The third-order valence-corrected chi connectivity index (χ3v) is 3.55. The molecular formula is C16H32. The van der Waals surface area contributed by atoms with Crippen molar-refractivity contribution in [3.05, 3.63) is 11.6 Å². The second kappa shape index (κ2) is 8.84. The van der Waals surface area contributed by atoms with Crippen molar-refractivity contribution in [2.45, 2.75) is 73.6 Å². The van der Waals surface area contributed by atoms with Crippen LogP contribution >= 0.6 is 0 Å². The maximum absolute atomic E-state index is 2.41. The van der Waals surface area contributed by atoms with Gasteiger partial charge in [-0.05, 0) is 38.0 Å². The summed E-state index contributed by atoms with van der Waals surface area (Å²) in [6.45, 7) is 13.8. The third-order valence-electron chi connectivity index (χ3n) is 3.55. The fourth-order valence-corrected chi connectivity index (χ4v) is 2.10. The summed E-state index contributed by atoms with van der Waals surface area (Å²) in [4.78, 5) is 0. The number of hydrogen-bond donors (Lipinski definition) is 0. The lowest BCUT2D eigenvalue weighted by atomic mass is 9.90. The molecule has 0 spiro atoms. The first-order valence-electron chi connectivity index (χ1n) is 7.07. The van der Waals surface area contributed by atoms with Crippen LogP contribution in [0.15, 0.2) is 11.6 Å². The van der Waals surface area contributed by atoms with Crippen molar-refractivity contribution in [3.63, 3.8) is 0 Å². The minimum absolute atomic E-state index is 0.859. The van der Waals surface area contributed by atoms with Gasteiger partial charge in [0.15, 0.2) is 0 Å². The molecule has 2 unspecified atom stereocenters. The van der Waals surface area contributed by atoms with E-state index in [0.717, 1.165) is 17.8 Å². The first kappa shape index (κ1) is 15.7. The summed E-state index contributed by atoms with van der Waals surface area (Å²) in [5, 5.41) is 0. The zero-order chi connectivity index (χ0) is 12.6. The van der Waals surface area contributed by atoms with Gasteiger partial charge >= 0.3 is 0 Å². The third kappa shape index (κ3) is 9.00. The first-order chi connectivity index (χ1) is 7.45. The lowest BCUT2D eigenvalue weighted by Gasteiger charge is -2.16. The van der Waals surface area contributed by atoms with Crippen molar-refractivity contribution in [1.82, 2.24) is 0 Å². The van der Waals surface area contributed by atoms with Gasteiger partial charge in [0.1, 0.15) is 0 Å². The monoisotopic (exact) mass is 224 g/mol. The van der Waals surface area contributed by atoms with Crippen LogP contribution in [-0.2, 0) is 0 Å². The number of allylic oxidation sites excluding steroid dienone is 2. The summed E-state index contributed by atoms with van der Waals surface area (Å²) in [7, 11) is 0. The fraction of sp³-hybridized carbons (Fsp3) is 0.875. The van der Waals surface area contributed by atoms with Crippen LogP contribution in [0, 0.1) is 17.8 Å². The largest absolute Gasteiger partial charge is 0.0887 e. The van der Waals surface area contributed by atoms with Crippen LogP contribution in [0.25, 0.3) is 0 Å². The molecule has 0 radical (unpaired) electrons. The zero-order valence-electron chi connectivity index (χ0n) is 12.3. The van der Waals surface area contributed by atoms with Crippen LogP contribution in [0.5, 0.6) is 0 Å². The Balaban J connectivity index is 3.62. The molecule has 0 aromatic carbocycles. The summed E-state index contributed by atoms with van der Waals surface area (Å²) in [5.41, 5.74) is 1.54. The minimum Gasteiger partial charge on any atom is -0.0887 e. The van der Waals surface area contributed by atoms with Crippen molar-refractivity contribution in [3.8, 4) is 0 Å². The van der Waals surface area contributed by atoms with E-state index in [1.165, 1.54) is 32.1 Å². The highest BCUT2D eigenvalue weighted by Gasteiger charge is 2.08. The first-order valence-corrected chi connectivity index (χ1v) is 7.07. The molecule has 0 amide bonds. The molecular weight excluding hydrogens is 192 g/mol. The molecule has 0 nitrogen and oxygen atoms in total. The summed E-state index contributed by atoms with van der Waals surface area (Å²) in [6, 6.07) is 0. The van der Waals surface area contributed by atoms with E-state index in [-0.39, 0.29) is 0 Å². The molecule has 0 N–H and O–H groups in total. The molecule has 0 fully saturated rings. The predicted octanol–water partition coefficient (Wildman–Crippen LogP) is 5.83. The van der Waals surface area contributed by atoms with Crippen LogP contribution in [0.3, 0.4) is 0 Å². The molecule has 0 aromatic heterocycles. The van der Waals surface area contributed by atoms with Crippen LogP contribution in [0.1, 0.15) is 73.6 Å². The van der Waals surface area contributed by atoms with Crippen molar-refractivity contribution in [2.75, 3.05) is 0 Å². The Kier molecular flexibility index (Phi) is 8.70. The molecule has 0 rings (SSSR count). The average molecular weight is 224 g/mol. The van der Waals surface area contributed by atoms with Crippen molar-refractivity contribution in [1.29, 1.82) is 0 Å². The van der Waals surface area contributed by atoms with Gasteiger partial charge in [-0.15, -0.1) is 0 Å². The van der Waals surface area contributed by atoms with Gasteiger partial charge in [0.05, 0.1) is 0 Å². The van der Waals surface area contributed by atoms with E-state index in [0.29, 0.717) is 0 Å². The predicted molar refractivity (Wildman–Crippen MR) is 75.7 cm³/mol. The van der Waals surface area contributed by atoms with Crippen LogP contribution in [0.4, 0.5) is 0 Å². The van der Waals surface area contributed by atoms with Gasteiger partial charge in [-0.1, -0.05) is 65.0 Å². The minimum atomic E-state index is 0.859. The average Bonchev–Trinajstić information content (AvgIpc) is 2.23. The standard InChI is InChI=1S/C16H32/c1-7-14(4)12-16(6)11-10-15(5)9-8-13(2)3/h7,13,15-16H,8-12H2,1-6H3. The van der Waals surface area contributed by atoms with Crippen LogP contribution in [0.2, 0.25) is 0 Å². The second-order valence-electron chi connectivity index (χ2n) is 6.10. The molecule has 0 aliphatic carbocycles. The highest BCUT2D eigenvalue weighted by molar-refractivity contribution is 4.96. The summed E-state index contributed by atoms with van der Waals surface area (Å²) in [6.07, 6.45) is 9.14. The molecule has 16 heavy (non-hydrogen) atoms. The molecule has 2 atom stereocenters. The van der Waals surface area contributed by atoms with E-state index >= 15 is 0 Å². The van der Waals surface area contributed by atoms with E-state index in [4.69, 9.17) is 0 Å². The SMILES string of the molecule is CC=C(C)CC(C)CCC(C)CCC(C)C. The van der Waals surface area contributed by atoms with Crippen LogP contribution < -0.4 is 0 Å². The number of rotatable bonds is 8. The summed E-state index contributed by atoms with van der Waals surface area (Å²) in [5.74, 6) is 2.64. The maximum Gasteiger partial charge on any atom is -0.0297 e. The molecule has 0 heteroatoms. The zero-order valence-corrected chi connectivity index (χ0v) is 12.3. The Labute approximate surface area is 104 Å². The molecule has 0 bridgehead atoms. The molecule has 96 valence electrons. The van der Waals surface area contributed by atoms with Gasteiger partial charge in [0, 0.05) is 0 Å². The Hall–Kier alpha value is -0.260. The van der Waals surface area contributed by atoms with Gasteiger partial charge < -0.3 is 0 Å². The second-order valence-corrected chi connectivity index (χ2v) is 6.10. The summed E-state index contributed by atoms with van der Waals surface area (Å²) < 4.78 is 0. The molecule has 0 aliphatic heterocycles. The quantitative estimate of drug-likeness (QED) is 0.455. The topological polar surface area (TPSA) is 0 Å². The Morgan fingerprint density at radius 3 is 1.88 bits per heavy atom. The highest BCUT2D eigenvalue weighted by atomic mass is 14.1. The van der Waals surface area contributed by atoms with E-state index in [2.05, 4.69) is 47.6 Å². The smallest absolute Gasteiger partial charge is 0.0297 e. The van der Waals surface area contributed by atoms with Gasteiger partial charge in [0.2, 0.25) is 0 Å². The van der Waals surface area contributed by atoms with Gasteiger partial charge in [-0.2, -0.15) is 0 Å². The lowest BCUT2D eigenvalue weighted by Crippen LogP contribution is -2.02. The van der Waals surface area contributed by atoms with E-state index in [1.54, 1.807) is 5.57 Å². The fourth-order valence-electron chi connectivity index (χ4n) is 2.10. The maximum atomic E-state index is 2.41. The molecule has 0 aliphatic rings. The molecule has 0 aromatic rings. The molecule has 0 saturated heterocycles. The summed E-state index contributed by atoms with van der Waals surface area (Å²) >= 11 is 0. The van der Waals surface area contributed by atoms with E-state index in [9.17, 15) is 0 Å². The van der Waals surface area contributed by atoms with E-state index in [1.807, 2.05) is 0 Å². The van der Waals surface area contributed by atoms with Gasteiger partial charge in [0.25, 0.3) is 0 Å². The Morgan fingerprint density at radius 2 is 1.38 bits per heavy atom. The van der Waals surface area contributed by atoms with Crippen molar-refractivity contribution < 1.29 is 0 Å². The lowest BCUT2D eigenvalue weighted by molar-refractivity contribution is 0.382. The number of hydrogen-bond acceptors (Lipinski definition) is 0. The van der Waals surface area contributed by atoms with E-state index < -0.39 is 0 Å².